The van der Waals surface area contributed by atoms with E-state index in [1.807, 2.05) is 10.0 Å². The minimum Gasteiger partial charge on any atom is -0.254 e. The third kappa shape index (κ3) is 2.91. The van der Waals surface area contributed by atoms with Gasteiger partial charge in [-0.3, -0.25) is 4.79 Å². The number of hydrogen-bond donors (Lipinski definition) is 0. The van der Waals surface area contributed by atoms with Gasteiger partial charge in [-0.05, 0) is 5.53 Å². The Balaban J connectivity index is 3.60. The van der Waals surface area contributed by atoms with E-state index in [2.05, 4.69) is 0 Å². The highest BCUT2D eigenvalue weighted by atomic mass is 19.1. The molecule has 0 aromatic heterocycles. The summed E-state index contributed by atoms with van der Waals surface area (Å²) in [6, 6.07) is 0. The fourth-order valence-corrected chi connectivity index (χ4v) is 0.0352. The molecule has 0 fully saturated rings. The van der Waals surface area contributed by atoms with E-state index in [0.717, 1.165) is 0 Å². The van der Waals surface area contributed by atoms with E-state index in [1.165, 1.54) is 0 Å². The third-order valence-electron chi connectivity index (χ3n) is 0.123. The Labute approximate surface area is 32.2 Å². The Bertz CT molecular complexity index is 103. The van der Waals surface area contributed by atoms with Crippen LogP contribution in [0.15, 0.2) is 5.11 Å². The summed E-state index contributed by atoms with van der Waals surface area (Å²) in [6.45, 7) is 0. The van der Waals surface area contributed by atoms with Gasteiger partial charge < -0.3 is 0 Å². The van der Waals surface area contributed by atoms with Crippen LogP contribution in [0.5, 0.6) is 0 Å². The van der Waals surface area contributed by atoms with Crippen LogP contribution in [0, 0.1) is 0 Å². The average molecular weight is 89.0 g/mol. The Morgan fingerprint density at radius 2 is 2.50 bits per heavy atom. The lowest BCUT2D eigenvalue weighted by atomic mass is 11.4. The lowest BCUT2D eigenvalue weighted by Crippen LogP contribution is -1.65. The molecule has 0 aliphatic rings. The molecule has 0 spiro atoms. The number of amides is 1. The maximum atomic E-state index is 10.6. The van der Waals surface area contributed by atoms with Gasteiger partial charge in [-0.1, -0.05) is 0 Å². The highest BCUT2D eigenvalue weighted by Crippen LogP contribution is 1.76. The standard InChI is InChI=1S/CFN3O/c2-1(6)4-5-3. The first-order valence-corrected chi connectivity index (χ1v) is 1.02. The molecule has 0 radical (unpaired) electrons. The molecule has 0 aromatic rings. The minimum atomic E-state index is -2.00. The first-order valence-electron chi connectivity index (χ1n) is 1.02. The van der Waals surface area contributed by atoms with Crippen LogP contribution in [-0.4, -0.2) is 6.16 Å². The first-order chi connectivity index (χ1) is 2.77. The molecule has 0 saturated carbocycles. The highest BCUT2D eigenvalue weighted by Gasteiger charge is 1.82. The largest absolute Gasteiger partial charge is 0.388 e. The molecule has 0 aliphatic heterocycles. The summed E-state index contributed by atoms with van der Waals surface area (Å²) >= 11 is 0. The molecule has 0 heterocycles. The molecular formula is CFN3O. The van der Waals surface area contributed by atoms with Gasteiger partial charge in [0.25, 0.3) is 0 Å². The summed E-state index contributed by atoms with van der Waals surface area (Å²) in [5.41, 5.74) is 7.23. The molecule has 1 amide bonds. The zero-order valence-corrected chi connectivity index (χ0v) is 2.63. The van der Waals surface area contributed by atoms with Crippen molar-refractivity contribution >= 4 is 6.16 Å². The Morgan fingerprint density at radius 1 is 2.00 bits per heavy atom. The number of hydrogen-bond acceptors (Lipinski definition) is 1. The van der Waals surface area contributed by atoms with E-state index in [-0.39, 0.29) is 0 Å². The summed E-state index contributed by atoms with van der Waals surface area (Å²) in [7, 11) is 0. The topological polar surface area (TPSA) is 65.8 Å². The van der Waals surface area contributed by atoms with E-state index in [1.54, 1.807) is 0 Å². The van der Waals surface area contributed by atoms with Crippen molar-refractivity contribution in [3.63, 3.8) is 0 Å². The number of azide groups is 1. The predicted octanol–water partition coefficient (Wildman–Crippen LogP) is 1.39. The van der Waals surface area contributed by atoms with Gasteiger partial charge in [0.05, 0.1) is 0 Å². The second kappa shape index (κ2) is 2.17. The van der Waals surface area contributed by atoms with E-state index < -0.39 is 6.16 Å². The van der Waals surface area contributed by atoms with Crippen LogP contribution in [0.4, 0.5) is 9.18 Å². The van der Waals surface area contributed by atoms with Crippen LogP contribution >= 0.6 is 0 Å². The van der Waals surface area contributed by atoms with Gasteiger partial charge in [0.15, 0.2) is 0 Å². The molecule has 32 valence electrons. The van der Waals surface area contributed by atoms with E-state index in [0.29, 0.717) is 0 Å². The molecule has 0 aliphatic carbocycles. The first kappa shape index (κ1) is 4.91. The smallest absolute Gasteiger partial charge is 0.254 e. The second-order valence-electron chi connectivity index (χ2n) is 0.442. The molecule has 5 heteroatoms. The zero-order valence-electron chi connectivity index (χ0n) is 2.63. The van der Waals surface area contributed by atoms with Gasteiger partial charge >= 0.3 is 6.16 Å². The summed E-state index contributed by atoms with van der Waals surface area (Å²) in [5.74, 6) is 0. The van der Waals surface area contributed by atoms with Gasteiger partial charge in [-0.2, -0.15) is 4.39 Å². The second-order valence-corrected chi connectivity index (χ2v) is 0.442. The fourth-order valence-electron chi connectivity index (χ4n) is 0.0352. The number of carbonyl (C=O) groups excluding carboxylic acids is 1. The van der Waals surface area contributed by atoms with Crippen LogP contribution in [0.1, 0.15) is 0 Å². The van der Waals surface area contributed by atoms with Gasteiger partial charge in [0.1, 0.15) is 0 Å². The third-order valence-corrected chi connectivity index (χ3v) is 0.123. The van der Waals surface area contributed by atoms with Crippen molar-refractivity contribution in [3.05, 3.63) is 10.4 Å². The van der Waals surface area contributed by atoms with Crippen LogP contribution in [0.25, 0.3) is 10.4 Å². The van der Waals surface area contributed by atoms with Crippen molar-refractivity contribution < 1.29 is 9.18 Å². The maximum absolute atomic E-state index is 10.6. The van der Waals surface area contributed by atoms with Crippen molar-refractivity contribution in [3.8, 4) is 0 Å². The van der Waals surface area contributed by atoms with Gasteiger partial charge in [0, 0.05) is 10.0 Å². The number of halogens is 1. The number of nitrogens with zero attached hydrogens (tertiary/aromatic N) is 3. The SMILES string of the molecule is [N-]=[N+]=NC(=O)F. The molecule has 0 rings (SSSR count). The molecule has 0 aromatic carbocycles. The monoisotopic (exact) mass is 89.0 g/mol. The highest BCUT2D eigenvalue weighted by molar-refractivity contribution is 5.66. The summed E-state index contributed by atoms with van der Waals surface area (Å²) in [5, 5.41) is 2.00. The van der Waals surface area contributed by atoms with Crippen LogP contribution in [-0.2, 0) is 0 Å². The molecule has 0 saturated heterocycles. The summed E-state index contributed by atoms with van der Waals surface area (Å²) in [4.78, 5) is 10.8. The Morgan fingerprint density at radius 3 is 2.50 bits per heavy atom. The predicted molar refractivity (Wildman–Crippen MR) is 15.7 cm³/mol. The normalized spacial score (nSPS) is 6.17. The Hall–Kier alpha value is -1.09. The molecule has 4 nitrogen and oxygen atoms in total. The van der Waals surface area contributed by atoms with Crippen LogP contribution < -0.4 is 0 Å². The van der Waals surface area contributed by atoms with E-state index in [9.17, 15) is 4.39 Å². The van der Waals surface area contributed by atoms with Crippen molar-refractivity contribution in [1.82, 2.24) is 0 Å². The fraction of sp³-hybridized carbons (Fsp3) is 0. The van der Waals surface area contributed by atoms with Crippen molar-refractivity contribution in [2.75, 3.05) is 0 Å². The van der Waals surface area contributed by atoms with E-state index in [4.69, 9.17) is 10.3 Å². The van der Waals surface area contributed by atoms with Crippen molar-refractivity contribution in [1.29, 1.82) is 0 Å². The Kier molecular flexibility index (Phi) is 1.77. The van der Waals surface area contributed by atoms with Gasteiger partial charge in [-0.25, -0.2) is 0 Å². The number of rotatable bonds is 0. The quantitative estimate of drug-likeness (QED) is 0.145. The molecule has 0 atom stereocenters. The number of carbonyl (C=O) groups is 1. The van der Waals surface area contributed by atoms with Gasteiger partial charge in [0.2, 0.25) is 0 Å². The lowest BCUT2D eigenvalue weighted by molar-refractivity contribution is 0.231. The minimum absolute atomic E-state index is 1.84. The van der Waals surface area contributed by atoms with Crippen molar-refractivity contribution in [2.24, 2.45) is 5.11 Å². The molecule has 6 heavy (non-hydrogen) atoms. The lowest BCUT2D eigenvalue weighted by Gasteiger charge is -1.56. The molecular weight excluding hydrogens is 89.0 g/mol. The zero-order chi connectivity index (χ0) is 4.99. The van der Waals surface area contributed by atoms with Crippen molar-refractivity contribution in [2.45, 2.75) is 0 Å². The van der Waals surface area contributed by atoms with Gasteiger partial charge in [-0.15, -0.1) is 0 Å². The molecule has 0 unspecified atom stereocenters. The maximum Gasteiger partial charge on any atom is 0.388 e. The van der Waals surface area contributed by atoms with E-state index >= 15 is 0 Å². The average Bonchev–Trinajstić information content (AvgIpc) is 1.35. The van der Waals surface area contributed by atoms with Crippen LogP contribution in [0.3, 0.4) is 0 Å². The molecule has 0 N–H and O–H groups in total. The van der Waals surface area contributed by atoms with Crippen LogP contribution in [0.2, 0.25) is 0 Å². The molecule has 0 bridgehead atoms. The summed E-state index contributed by atoms with van der Waals surface area (Å²) < 4.78 is 10.6. The summed E-state index contributed by atoms with van der Waals surface area (Å²) in [6.07, 6.45) is -2.00.